The lowest BCUT2D eigenvalue weighted by Gasteiger charge is -2.06. The quantitative estimate of drug-likeness (QED) is 0.903. The Labute approximate surface area is 110 Å². The van der Waals surface area contributed by atoms with Crippen molar-refractivity contribution in [2.75, 3.05) is 0 Å². The van der Waals surface area contributed by atoms with Gasteiger partial charge < -0.3 is 9.67 Å². The lowest BCUT2D eigenvalue weighted by Crippen LogP contribution is -2.07. The normalized spacial score (nSPS) is 10.5. The van der Waals surface area contributed by atoms with E-state index in [2.05, 4.69) is 4.98 Å². The van der Waals surface area contributed by atoms with Gasteiger partial charge in [-0.05, 0) is 17.7 Å². The van der Waals surface area contributed by atoms with E-state index >= 15 is 0 Å². The van der Waals surface area contributed by atoms with Gasteiger partial charge in [-0.25, -0.2) is 4.98 Å². The van der Waals surface area contributed by atoms with E-state index in [9.17, 15) is 4.79 Å². The maximum atomic E-state index is 10.6. The Kier molecular flexibility index (Phi) is 3.99. The van der Waals surface area contributed by atoms with E-state index in [0.29, 0.717) is 18.0 Å². The molecule has 4 nitrogen and oxygen atoms in total. The molecule has 5 heteroatoms. The molecule has 0 saturated heterocycles. The second kappa shape index (κ2) is 5.69. The van der Waals surface area contributed by atoms with Crippen LogP contribution in [0.25, 0.3) is 0 Å². The van der Waals surface area contributed by atoms with Gasteiger partial charge in [0.05, 0.1) is 6.42 Å². The third-order valence-electron chi connectivity index (χ3n) is 2.64. The van der Waals surface area contributed by atoms with Crippen molar-refractivity contribution in [3.05, 3.63) is 53.1 Å². The van der Waals surface area contributed by atoms with Crippen molar-refractivity contribution >= 4 is 17.6 Å². The van der Waals surface area contributed by atoms with Crippen LogP contribution in [0.5, 0.6) is 0 Å². The highest BCUT2D eigenvalue weighted by atomic mass is 35.5. The molecular formula is C13H13ClN2O2. The minimum atomic E-state index is -0.804. The van der Waals surface area contributed by atoms with E-state index in [1.807, 2.05) is 28.8 Å². The third-order valence-corrected chi connectivity index (χ3v) is 2.90. The highest BCUT2D eigenvalue weighted by Crippen LogP contribution is 2.13. The Balaban J connectivity index is 2.07. The highest BCUT2D eigenvalue weighted by Gasteiger charge is 2.06. The molecule has 1 heterocycles. The molecule has 1 N–H and O–H groups in total. The molecule has 2 aromatic rings. The first kappa shape index (κ1) is 12.6. The van der Waals surface area contributed by atoms with Gasteiger partial charge in [-0.15, -0.1) is 0 Å². The fourth-order valence-corrected chi connectivity index (χ4v) is 1.84. The summed E-state index contributed by atoms with van der Waals surface area (Å²) < 4.78 is 1.86. The number of carboxylic acid groups (broad SMARTS) is 1. The number of aryl methyl sites for hydroxylation is 1. The van der Waals surface area contributed by atoms with E-state index in [0.717, 1.165) is 11.4 Å². The second-order valence-corrected chi connectivity index (χ2v) is 4.42. The number of benzene rings is 1. The number of halogens is 1. The largest absolute Gasteiger partial charge is 0.481 e. The topological polar surface area (TPSA) is 55.1 Å². The first-order chi connectivity index (χ1) is 8.65. The van der Waals surface area contributed by atoms with Gasteiger partial charge in [0.25, 0.3) is 0 Å². The van der Waals surface area contributed by atoms with E-state index in [-0.39, 0.29) is 6.42 Å². The van der Waals surface area contributed by atoms with Crippen molar-refractivity contribution in [2.24, 2.45) is 0 Å². The predicted molar refractivity (Wildman–Crippen MR) is 68.7 cm³/mol. The Morgan fingerprint density at radius 2 is 2.06 bits per heavy atom. The van der Waals surface area contributed by atoms with Crippen LogP contribution < -0.4 is 0 Å². The van der Waals surface area contributed by atoms with Gasteiger partial charge in [0, 0.05) is 30.4 Å². The number of carboxylic acids is 1. The van der Waals surface area contributed by atoms with E-state index in [1.54, 1.807) is 12.4 Å². The van der Waals surface area contributed by atoms with Crippen molar-refractivity contribution in [1.82, 2.24) is 9.55 Å². The molecular weight excluding hydrogens is 252 g/mol. The van der Waals surface area contributed by atoms with Crippen LogP contribution in [0, 0.1) is 0 Å². The van der Waals surface area contributed by atoms with Crippen LogP contribution in [-0.4, -0.2) is 20.6 Å². The Morgan fingerprint density at radius 3 is 2.72 bits per heavy atom. The zero-order valence-electron chi connectivity index (χ0n) is 9.71. The van der Waals surface area contributed by atoms with E-state index in [1.165, 1.54) is 0 Å². The van der Waals surface area contributed by atoms with Crippen LogP contribution in [0.4, 0.5) is 0 Å². The predicted octanol–water partition coefficient (Wildman–Crippen LogP) is 2.60. The number of aliphatic carboxylic acids is 1. The zero-order chi connectivity index (χ0) is 13.0. The van der Waals surface area contributed by atoms with Gasteiger partial charge in [0.1, 0.15) is 5.82 Å². The summed E-state index contributed by atoms with van der Waals surface area (Å²) in [5.74, 6) is 0.0553. The van der Waals surface area contributed by atoms with Crippen molar-refractivity contribution < 1.29 is 9.90 Å². The highest BCUT2D eigenvalue weighted by molar-refractivity contribution is 6.30. The van der Waals surface area contributed by atoms with Crippen LogP contribution in [0.15, 0.2) is 36.7 Å². The van der Waals surface area contributed by atoms with Gasteiger partial charge >= 0.3 is 5.97 Å². The van der Waals surface area contributed by atoms with Crippen LogP contribution in [-0.2, 0) is 17.8 Å². The summed E-state index contributed by atoms with van der Waals surface area (Å²) in [6.45, 7) is 0.443. The Bertz CT molecular complexity index is 534. The molecule has 0 bridgehead atoms. The summed E-state index contributed by atoms with van der Waals surface area (Å²) in [4.78, 5) is 14.8. The number of aromatic nitrogens is 2. The number of carbonyl (C=O) groups is 1. The standard InChI is InChI=1S/C13H13ClN2O2/c14-11-3-1-10(2-4-11)9-12-15-6-8-16(12)7-5-13(17)18/h1-4,6,8H,5,7,9H2,(H,17,18). The summed E-state index contributed by atoms with van der Waals surface area (Å²) >= 11 is 5.82. The van der Waals surface area contributed by atoms with Crippen molar-refractivity contribution in [2.45, 2.75) is 19.4 Å². The summed E-state index contributed by atoms with van der Waals surface area (Å²) in [6.07, 6.45) is 4.26. The van der Waals surface area contributed by atoms with Gasteiger partial charge in [0.15, 0.2) is 0 Å². The molecule has 0 spiro atoms. The molecule has 0 unspecified atom stereocenters. The molecule has 18 heavy (non-hydrogen) atoms. The average Bonchev–Trinajstić information content (AvgIpc) is 2.77. The second-order valence-electron chi connectivity index (χ2n) is 3.98. The summed E-state index contributed by atoms with van der Waals surface area (Å²) in [7, 11) is 0. The summed E-state index contributed by atoms with van der Waals surface area (Å²) in [5.41, 5.74) is 1.10. The monoisotopic (exact) mass is 264 g/mol. The maximum Gasteiger partial charge on any atom is 0.305 e. The van der Waals surface area contributed by atoms with Gasteiger partial charge in [-0.3, -0.25) is 4.79 Å². The average molecular weight is 265 g/mol. The van der Waals surface area contributed by atoms with E-state index < -0.39 is 5.97 Å². The maximum absolute atomic E-state index is 10.6. The third kappa shape index (κ3) is 3.34. The van der Waals surface area contributed by atoms with Gasteiger partial charge in [-0.1, -0.05) is 23.7 Å². The number of nitrogens with zero attached hydrogens (tertiary/aromatic N) is 2. The van der Waals surface area contributed by atoms with Crippen LogP contribution in [0.2, 0.25) is 5.02 Å². The van der Waals surface area contributed by atoms with Crippen molar-refractivity contribution in [3.8, 4) is 0 Å². The Morgan fingerprint density at radius 1 is 1.33 bits per heavy atom. The molecule has 1 aromatic carbocycles. The van der Waals surface area contributed by atoms with E-state index in [4.69, 9.17) is 16.7 Å². The Hall–Kier alpha value is -1.81. The fraction of sp³-hybridized carbons (Fsp3) is 0.231. The lowest BCUT2D eigenvalue weighted by atomic mass is 10.1. The zero-order valence-corrected chi connectivity index (χ0v) is 10.5. The molecule has 0 aliphatic heterocycles. The van der Waals surface area contributed by atoms with Gasteiger partial charge in [0.2, 0.25) is 0 Å². The van der Waals surface area contributed by atoms with Gasteiger partial charge in [-0.2, -0.15) is 0 Å². The fourth-order valence-electron chi connectivity index (χ4n) is 1.71. The van der Waals surface area contributed by atoms with Crippen LogP contribution >= 0.6 is 11.6 Å². The smallest absolute Gasteiger partial charge is 0.305 e. The summed E-state index contributed by atoms with van der Waals surface area (Å²) in [6, 6.07) is 7.56. The minimum Gasteiger partial charge on any atom is -0.481 e. The van der Waals surface area contributed by atoms with Crippen LogP contribution in [0.3, 0.4) is 0 Å². The summed E-state index contributed by atoms with van der Waals surface area (Å²) in [5, 5.41) is 9.38. The molecule has 0 atom stereocenters. The molecule has 0 amide bonds. The molecule has 0 radical (unpaired) electrons. The molecule has 0 fully saturated rings. The molecule has 0 aliphatic carbocycles. The molecule has 1 aromatic heterocycles. The number of hydrogen-bond acceptors (Lipinski definition) is 2. The lowest BCUT2D eigenvalue weighted by molar-refractivity contribution is -0.137. The first-order valence-corrected chi connectivity index (χ1v) is 5.99. The number of rotatable bonds is 5. The number of hydrogen-bond donors (Lipinski definition) is 1. The van der Waals surface area contributed by atoms with Crippen molar-refractivity contribution in [1.29, 1.82) is 0 Å². The SMILES string of the molecule is O=C(O)CCn1ccnc1Cc1ccc(Cl)cc1. The molecule has 0 saturated carbocycles. The number of imidazole rings is 1. The first-order valence-electron chi connectivity index (χ1n) is 5.61. The van der Waals surface area contributed by atoms with Crippen LogP contribution in [0.1, 0.15) is 17.8 Å². The molecule has 94 valence electrons. The molecule has 2 rings (SSSR count). The minimum absolute atomic E-state index is 0.101. The molecule has 0 aliphatic rings. The van der Waals surface area contributed by atoms with Crippen molar-refractivity contribution in [3.63, 3.8) is 0 Å².